The van der Waals surface area contributed by atoms with E-state index in [4.69, 9.17) is 17.3 Å². The number of halogens is 1. The average molecular weight is 298 g/mol. The minimum absolute atomic E-state index is 0.127. The maximum absolute atomic E-state index is 9.98. The van der Waals surface area contributed by atoms with Gasteiger partial charge in [-0.1, -0.05) is 18.2 Å². The van der Waals surface area contributed by atoms with Gasteiger partial charge in [-0.3, -0.25) is 0 Å². The highest BCUT2D eigenvalue weighted by molar-refractivity contribution is 6.22. The van der Waals surface area contributed by atoms with Crippen molar-refractivity contribution >= 4 is 23.4 Å². The molecule has 1 saturated carbocycles. The molecule has 20 heavy (non-hydrogen) atoms. The summed E-state index contributed by atoms with van der Waals surface area (Å²) in [5, 5.41) is 22.1. The predicted octanol–water partition coefficient (Wildman–Crippen LogP) is 0.140. The van der Waals surface area contributed by atoms with Crippen molar-refractivity contribution in [3.8, 4) is 0 Å². The Balaban J connectivity index is 2.00. The first-order chi connectivity index (χ1) is 9.52. The molecule has 1 aliphatic carbocycles. The van der Waals surface area contributed by atoms with E-state index in [1.54, 1.807) is 10.9 Å². The Morgan fingerprint density at radius 1 is 1.60 bits per heavy atom. The van der Waals surface area contributed by atoms with Crippen molar-refractivity contribution in [1.29, 1.82) is 0 Å². The third kappa shape index (κ3) is 1.90. The van der Waals surface area contributed by atoms with Gasteiger partial charge in [0.25, 0.3) is 0 Å². The first-order valence-corrected chi connectivity index (χ1v) is 6.75. The summed E-state index contributed by atoms with van der Waals surface area (Å²) < 4.78 is 1.81. The summed E-state index contributed by atoms with van der Waals surface area (Å²) in [6.07, 6.45) is 1.46. The van der Waals surface area contributed by atoms with Crippen LogP contribution in [0.1, 0.15) is 23.7 Å². The molecular formula is C12H16ClN5O2. The highest BCUT2D eigenvalue weighted by Gasteiger charge is 2.39. The van der Waals surface area contributed by atoms with Crippen LogP contribution in [0.4, 0.5) is 5.82 Å². The molecule has 1 aromatic rings. The highest BCUT2D eigenvalue weighted by Crippen LogP contribution is 2.42. The number of aromatic nitrogens is 2. The van der Waals surface area contributed by atoms with Gasteiger partial charge in [0.15, 0.2) is 17.3 Å². The molecule has 2 heterocycles. The zero-order chi connectivity index (χ0) is 14.4. The van der Waals surface area contributed by atoms with Crippen molar-refractivity contribution in [1.82, 2.24) is 14.9 Å². The molecule has 5 N–H and O–H groups in total. The number of aliphatic hydroxyl groups is 2. The van der Waals surface area contributed by atoms with Crippen LogP contribution in [0, 0.1) is 5.92 Å². The molecule has 0 bridgehead atoms. The molecule has 3 rings (SSSR count). The van der Waals surface area contributed by atoms with Crippen LogP contribution in [0.25, 0.3) is 0 Å². The number of nitrogens with zero attached hydrogens (tertiary/aromatic N) is 3. The van der Waals surface area contributed by atoms with Crippen LogP contribution in [0.2, 0.25) is 0 Å². The molecule has 0 spiro atoms. The second-order valence-corrected chi connectivity index (χ2v) is 5.48. The Hall–Kier alpha value is -1.57. The lowest BCUT2D eigenvalue weighted by molar-refractivity contribution is 0.101. The van der Waals surface area contributed by atoms with E-state index >= 15 is 0 Å². The summed E-state index contributed by atoms with van der Waals surface area (Å²) in [6, 6.07) is -0.170. The lowest BCUT2D eigenvalue weighted by Gasteiger charge is -2.21. The van der Waals surface area contributed by atoms with Gasteiger partial charge in [-0.2, -0.15) is 4.99 Å². The topological polar surface area (TPSA) is 109 Å². The van der Waals surface area contributed by atoms with Gasteiger partial charge in [-0.15, -0.1) is 0 Å². The first-order valence-electron chi connectivity index (χ1n) is 6.32. The fraction of sp³-hybridized carbons (Fsp3) is 0.500. The number of hydrogen-bond acceptors (Lipinski definition) is 6. The van der Waals surface area contributed by atoms with Crippen LogP contribution >= 0.6 is 11.6 Å². The third-order valence-corrected chi connectivity index (χ3v) is 4.22. The summed E-state index contributed by atoms with van der Waals surface area (Å²) in [7, 11) is 0. The summed E-state index contributed by atoms with van der Waals surface area (Å²) in [6.45, 7) is 3.86. The summed E-state index contributed by atoms with van der Waals surface area (Å²) in [4.78, 5) is 8.47. The lowest BCUT2D eigenvalue weighted by atomic mass is 10.0. The number of nitrogens with one attached hydrogen (secondary N) is 1. The molecule has 1 fully saturated rings. The van der Waals surface area contributed by atoms with Crippen LogP contribution < -0.4 is 11.1 Å². The molecule has 108 valence electrons. The van der Waals surface area contributed by atoms with Crippen LogP contribution in [-0.2, 0) is 0 Å². The monoisotopic (exact) mass is 297 g/mol. The molecular weight excluding hydrogens is 282 g/mol. The quantitative estimate of drug-likeness (QED) is 0.353. The van der Waals surface area contributed by atoms with Crippen LogP contribution in [0.3, 0.4) is 0 Å². The van der Waals surface area contributed by atoms with E-state index in [1.165, 1.54) is 0 Å². The molecule has 7 nitrogen and oxygen atoms in total. The second kappa shape index (κ2) is 4.76. The molecule has 2 aliphatic rings. The van der Waals surface area contributed by atoms with Gasteiger partial charge in [-0.25, -0.2) is 4.98 Å². The molecule has 1 aromatic heterocycles. The Labute approximate surface area is 120 Å². The Bertz CT molecular complexity index is 584. The van der Waals surface area contributed by atoms with E-state index in [0.29, 0.717) is 17.9 Å². The number of imidazole rings is 1. The van der Waals surface area contributed by atoms with Crippen molar-refractivity contribution in [2.75, 3.05) is 6.61 Å². The summed E-state index contributed by atoms with van der Waals surface area (Å²) in [5.74, 6) is 0.466. The van der Waals surface area contributed by atoms with Crippen molar-refractivity contribution in [3.63, 3.8) is 0 Å². The number of aliphatic imine (C=N–C) groups is 1. The van der Waals surface area contributed by atoms with Gasteiger partial charge in [-0.05, 0) is 12.0 Å². The van der Waals surface area contributed by atoms with Gasteiger partial charge in [0.1, 0.15) is 5.69 Å². The van der Waals surface area contributed by atoms with Gasteiger partial charge < -0.3 is 25.8 Å². The molecule has 4 atom stereocenters. The SMILES string of the molecule is C=C1[C@H](CO)[C@@H](O)C[C@@H]1n1cnc2c1N=C(N)NC2Cl. The molecule has 1 aliphatic heterocycles. The van der Waals surface area contributed by atoms with E-state index in [0.717, 1.165) is 5.57 Å². The molecule has 0 amide bonds. The first kappa shape index (κ1) is 13.4. The number of fused-ring (bicyclic) bond motifs is 1. The Kier molecular flexibility index (Phi) is 3.19. The Morgan fingerprint density at radius 2 is 2.35 bits per heavy atom. The van der Waals surface area contributed by atoms with Gasteiger partial charge in [0, 0.05) is 5.92 Å². The minimum Gasteiger partial charge on any atom is -0.396 e. The minimum atomic E-state index is -0.620. The van der Waals surface area contributed by atoms with E-state index in [2.05, 4.69) is 21.9 Å². The van der Waals surface area contributed by atoms with Gasteiger partial charge in [0.2, 0.25) is 0 Å². The molecule has 1 unspecified atom stereocenters. The van der Waals surface area contributed by atoms with E-state index in [9.17, 15) is 10.2 Å². The number of alkyl halides is 1. The average Bonchev–Trinajstić information content (AvgIpc) is 2.91. The number of rotatable bonds is 2. The fourth-order valence-electron chi connectivity index (χ4n) is 2.81. The number of aliphatic hydroxyl groups excluding tert-OH is 2. The second-order valence-electron chi connectivity index (χ2n) is 5.05. The van der Waals surface area contributed by atoms with Crippen molar-refractivity contribution in [2.45, 2.75) is 24.1 Å². The number of nitrogens with two attached hydrogens (primary N) is 1. The van der Waals surface area contributed by atoms with E-state index in [1.807, 2.05) is 0 Å². The van der Waals surface area contributed by atoms with Crippen molar-refractivity contribution < 1.29 is 10.2 Å². The maximum atomic E-state index is 9.98. The summed E-state index contributed by atoms with van der Waals surface area (Å²) in [5.41, 5.74) is 6.51. The standard InChI is InChI=1S/C12H16ClN5O2/c1-5-6(3-19)8(20)2-7(5)18-4-15-9-10(13)16-12(14)17-11(9)18/h4,6-8,10,19-20H,1-3H2,(H3,14,16,17)/t6-,7-,8-,10?/m0/s1. The molecule has 0 saturated heterocycles. The zero-order valence-corrected chi connectivity index (χ0v) is 11.5. The fourth-order valence-corrected chi connectivity index (χ4v) is 3.07. The zero-order valence-electron chi connectivity index (χ0n) is 10.7. The normalized spacial score (nSPS) is 32.8. The van der Waals surface area contributed by atoms with Gasteiger partial charge in [0.05, 0.1) is 25.1 Å². The van der Waals surface area contributed by atoms with Crippen LogP contribution in [-0.4, -0.2) is 38.4 Å². The largest absolute Gasteiger partial charge is 0.396 e. The molecule has 8 heteroatoms. The van der Waals surface area contributed by atoms with Gasteiger partial charge >= 0.3 is 0 Å². The van der Waals surface area contributed by atoms with Crippen molar-refractivity contribution in [2.24, 2.45) is 16.6 Å². The number of guanidine groups is 1. The van der Waals surface area contributed by atoms with E-state index < -0.39 is 11.6 Å². The smallest absolute Gasteiger partial charge is 0.196 e. The van der Waals surface area contributed by atoms with Crippen LogP contribution in [0.15, 0.2) is 23.5 Å². The van der Waals surface area contributed by atoms with Crippen LogP contribution in [0.5, 0.6) is 0 Å². The molecule has 0 radical (unpaired) electrons. The highest BCUT2D eigenvalue weighted by atomic mass is 35.5. The van der Waals surface area contributed by atoms with E-state index in [-0.39, 0.29) is 24.5 Å². The predicted molar refractivity (Wildman–Crippen MR) is 74.6 cm³/mol. The molecule has 0 aromatic carbocycles. The number of hydrogen-bond donors (Lipinski definition) is 4. The lowest BCUT2D eigenvalue weighted by Crippen LogP contribution is -2.35. The summed E-state index contributed by atoms with van der Waals surface area (Å²) >= 11 is 6.12. The van der Waals surface area contributed by atoms with Crippen molar-refractivity contribution in [3.05, 3.63) is 24.2 Å². The maximum Gasteiger partial charge on any atom is 0.196 e. The third-order valence-electron chi connectivity index (χ3n) is 3.90. The Morgan fingerprint density at radius 3 is 3.00 bits per heavy atom.